The van der Waals surface area contributed by atoms with Crippen molar-refractivity contribution in [2.24, 2.45) is 0 Å². The number of fused-ring (bicyclic) bond motifs is 3. The molecule has 0 bridgehead atoms. The summed E-state index contributed by atoms with van der Waals surface area (Å²) >= 11 is 0. The lowest BCUT2D eigenvalue weighted by Crippen LogP contribution is -1.98. The molecule has 0 amide bonds. The van der Waals surface area contributed by atoms with Crippen molar-refractivity contribution in [3.8, 4) is 44.5 Å². The zero-order valence-corrected chi connectivity index (χ0v) is 33.1. The molecule has 0 saturated heterocycles. The maximum Gasteiger partial charge on any atom is -0.000137 e. The van der Waals surface area contributed by atoms with Crippen LogP contribution < -0.4 is 0 Å². The van der Waals surface area contributed by atoms with Gasteiger partial charge in [-0.3, -0.25) is 0 Å². The van der Waals surface area contributed by atoms with Crippen LogP contribution in [-0.2, 0) is 0 Å². The molecule has 2 aliphatic carbocycles. The molecule has 9 aromatic carbocycles. The molecular weight excluding hydrogens is 721 g/mol. The van der Waals surface area contributed by atoms with E-state index in [0.29, 0.717) is 0 Å². The van der Waals surface area contributed by atoms with Gasteiger partial charge in [-0.2, -0.15) is 0 Å². The van der Waals surface area contributed by atoms with Crippen LogP contribution >= 0.6 is 0 Å². The number of benzene rings is 9. The Kier molecular flexibility index (Phi) is 8.95. The van der Waals surface area contributed by atoms with Crippen molar-refractivity contribution in [2.45, 2.75) is 0 Å². The molecule has 0 atom stereocenters. The van der Waals surface area contributed by atoms with Gasteiger partial charge in [0.1, 0.15) is 0 Å². The van der Waals surface area contributed by atoms with Gasteiger partial charge in [0.05, 0.1) is 0 Å². The van der Waals surface area contributed by atoms with Crippen LogP contribution in [0.4, 0.5) is 0 Å². The summed E-state index contributed by atoms with van der Waals surface area (Å²) in [6.07, 6.45) is 0. The fourth-order valence-corrected chi connectivity index (χ4v) is 9.42. The molecular formula is C60H40. The Labute approximate surface area is 352 Å². The van der Waals surface area contributed by atoms with Gasteiger partial charge in [-0.25, -0.2) is 0 Å². The minimum absolute atomic E-state index is 1.20. The van der Waals surface area contributed by atoms with Gasteiger partial charge in [0.2, 0.25) is 0 Å². The summed E-state index contributed by atoms with van der Waals surface area (Å²) in [6.45, 7) is 0. The van der Waals surface area contributed by atoms with Crippen LogP contribution in [0.1, 0.15) is 33.4 Å². The monoisotopic (exact) mass is 760 g/mol. The lowest BCUT2D eigenvalue weighted by Gasteiger charge is -2.20. The average molecular weight is 761 g/mol. The average Bonchev–Trinajstić information content (AvgIpc) is 3.85. The highest BCUT2D eigenvalue weighted by atomic mass is 14.4. The van der Waals surface area contributed by atoms with Crippen molar-refractivity contribution in [3.05, 3.63) is 282 Å². The molecule has 0 nitrogen and oxygen atoms in total. The third-order valence-electron chi connectivity index (χ3n) is 12.0. The zero-order chi connectivity index (χ0) is 39.8. The van der Waals surface area contributed by atoms with Crippen molar-refractivity contribution in [2.75, 3.05) is 0 Å². The van der Waals surface area contributed by atoms with Gasteiger partial charge in [-0.15, -0.1) is 0 Å². The predicted molar refractivity (Wildman–Crippen MR) is 254 cm³/mol. The summed E-state index contributed by atoms with van der Waals surface area (Å²) in [6, 6.07) is 88.8. The second-order valence-electron chi connectivity index (χ2n) is 15.5. The van der Waals surface area contributed by atoms with Gasteiger partial charge in [0, 0.05) is 0 Å². The smallest absolute Gasteiger partial charge is 0.000137 e. The minimum atomic E-state index is 1.20. The Hall–Kier alpha value is -7.80. The van der Waals surface area contributed by atoms with E-state index in [0.717, 1.165) is 0 Å². The molecule has 0 aliphatic heterocycles. The van der Waals surface area contributed by atoms with Gasteiger partial charge in [-0.1, -0.05) is 224 Å². The molecule has 0 aromatic heterocycles. The van der Waals surface area contributed by atoms with Crippen molar-refractivity contribution >= 4 is 27.9 Å². The zero-order valence-electron chi connectivity index (χ0n) is 33.1. The fourth-order valence-electron chi connectivity index (χ4n) is 9.42. The van der Waals surface area contributed by atoms with E-state index in [4.69, 9.17) is 0 Å². The third kappa shape index (κ3) is 6.09. The second kappa shape index (κ2) is 15.2. The highest BCUT2D eigenvalue weighted by Crippen LogP contribution is 2.63. The van der Waals surface area contributed by atoms with Crippen LogP contribution in [0.3, 0.4) is 0 Å². The first-order chi connectivity index (χ1) is 29.8. The first-order valence-corrected chi connectivity index (χ1v) is 20.8. The normalized spacial score (nSPS) is 13.1. The Bertz CT molecular complexity index is 3120. The SMILES string of the molecule is c1ccc(C2=C(c3ccccc3)C(c3ccccc3-c3ccccc3)=C3C2=C(c2cccc(-c4ccccc4)c2)c2cc(-c4ccccc4)c(-c4ccccc4)cc23)cc1. The molecule has 0 N–H and O–H groups in total. The van der Waals surface area contributed by atoms with E-state index >= 15 is 0 Å². The first-order valence-electron chi connectivity index (χ1n) is 20.8. The largest absolute Gasteiger partial charge is 0.0622 e. The van der Waals surface area contributed by atoms with Crippen LogP contribution in [0.25, 0.3) is 72.4 Å². The number of rotatable bonds is 8. The standard InChI is InChI=1S/C60H40/c1-7-22-41(23-8-1)47-34-21-35-48(38-47)55-53-39-51(43-26-11-3-12-27-43)52(44-28-13-4-14-29-44)40-54(53)59-58(50-37-20-19-36-49(50)42-24-9-2-10-25-42)56(45-30-15-5-16-31-45)57(60(55)59)46-32-17-6-18-33-46/h1-40H. The maximum atomic E-state index is 2.50. The number of hydrogen-bond acceptors (Lipinski definition) is 0. The van der Waals surface area contributed by atoms with E-state index in [1.54, 1.807) is 0 Å². The third-order valence-corrected chi connectivity index (χ3v) is 12.0. The van der Waals surface area contributed by atoms with E-state index in [-0.39, 0.29) is 0 Å². The van der Waals surface area contributed by atoms with Gasteiger partial charge in [-0.05, 0) is 130 Å². The van der Waals surface area contributed by atoms with Gasteiger partial charge in [0.15, 0.2) is 0 Å². The topological polar surface area (TPSA) is 0 Å². The molecule has 60 heavy (non-hydrogen) atoms. The Morgan fingerprint density at radius 3 is 0.967 bits per heavy atom. The number of allylic oxidation sites excluding steroid dienone is 5. The molecule has 11 rings (SSSR count). The lowest BCUT2D eigenvalue weighted by atomic mass is 9.83. The molecule has 0 fully saturated rings. The molecule has 2 aliphatic rings. The Morgan fingerprint density at radius 2 is 0.467 bits per heavy atom. The summed E-state index contributed by atoms with van der Waals surface area (Å²) < 4.78 is 0. The van der Waals surface area contributed by atoms with Gasteiger partial charge >= 0.3 is 0 Å². The van der Waals surface area contributed by atoms with E-state index < -0.39 is 0 Å². The summed E-state index contributed by atoms with van der Waals surface area (Å²) in [5, 5.41) is 0. The molecule has 9 aromatic rings. The van der Waals surface area contributed by atoms with Crippen molar-refractivity contribution in [1.82, 2.24) is 0 Å². The van der Waals surface area contributed by atoms with Gasteiger partial charge in [0.25, 0.3) is 0 Å². The first kappa shape index (κ1) is 35.4. The van der Waals surface area contributed by atoms with Gasteiger partial charge < -0.3 is 0 Å². The van der Waals surface area contributed by atoms with E-state index in [2.05, 4.69) is 243 Å². The van der Waals surface area contributed by atoms with E-state index in [1.807, 2.05) is 0 Å². The summed E-state index contributed by atoms with van der Waals surface area (Å²) in [5.74, 6) is 0. The van der Waals surface area contributed by atoms with Crippen molar-refractivity contribution in [1.29, 1.82) is 0 Å². The highest BCUT2D eigenvalue weighted by molar-refractivity contribution is 6.40. The van der Waals surface area contributed by atoms with E-state index in [1.165, 1.54) is 111 Å². The molecule has 0 spiro atoms. The molecule has 0 unspecified atom stereocenters. The van der Waals surface area contributed by atoms with Crippen molar-refractivity contribution < 1.29 is 0 Å². The summed E-state index contributed by atoms with van der Waals surface area (Å²) in [4.78, 5) is 0. The fraction of sp³-hybridized carbons (Fsp3) is 0. The second-order valence-corrected chi connectivity index (χ2v) is 15.5. The van der Waals surface area contributed by atoms with E-state index in [9.17, 15) is 0 Å². The molecule has 0 heterocycles. The van der Waals surface area contributed by atoms with Crippen LogP contribution in [0.15, 0.2) is 248 Å². The quantitative estimate of drug-likeness (QED) is 0.145. The Morgan fingerprint density at radius 1 is 0.133 bits per heavy atom. The molecule has 280 valence electrons. The van der Waals surface area contributed by atoms with Crippen LogP contribution in [0.2, 0.25) is 0 Å². The summed E-state index contributed by atoms with van der Waals surface area (Å²) in [5.41, 5.74) is 24.6. The van der Waals surface area contributed by atoms with Crippen LogP contribution in [0.5, 0.6) is 0 Å². The molecule has 0 saturated carbocycles. The molecule has 0 radical (unpaired) electrons. The highest BCUT2D eigenvalue weighted by Gasteiger charge is 2.41. The van der Waals surface area contributed by atoms with Crippen molar-refractivity contribution in [3.63, 3.8) is 0 Å². The maximum absolute atomic E-state index is 2.50. The summed E-state index contributed by atoms with van der Waals surface area (Å²) in [7, 11) is 0. The van der Waals surface area contributed by atoms with Crippen LogP contribution in [0, 0.1) is 0 Å². The lowest BCUT2D eigenvalue weighted by molar-refractivity contribution is 1.51. The van der Waals surface area contributed by atoms with Crippen LogP contribution in [-0.4, -0.2) is 0 Å². The predicted octanol–water partition coefficient (Wildman–Crippen LogP) is 15.7. The minimum Gasteiger partial charge on any atom is -0.0622 e. The Balaban J connectivity index is 1.33. The number of hydrogen-bond donors (Lipinski definition) is 0. The molecule has 0 heteroatoms.